The lowest BCUT2D eigenvalue weighted by molar-refractivity contribution is -0.122. The highest BCUT2D eigenvalue weighted by molar-refractivity contribution is 5.95. The zero-order chi connectivity index (χ0) is 24.8. The maximum atomic E-state index is 13.4. The van der Waals surface area contributed by atoms with E-state index >= 15 is 0 Å². The van der Waals surface area contributed by atoms with Crippen LogP contribution in [-0.4, -0.2) is 28.4 Å². The topological polar surface area (TPSA) is 75.4 Å². The molecule has 0 saturated carbocycles. The molecule has 0 fully saturated rings. The number of aryl methyl sites for hydroxylation is 2. The first-order valence-corrected chi connectivity index (χ1v) is 11.3. The Hall–Kier alpha value is -4.26. The van der Waals surface area contributed by atoms with E-state index in [-0.39, 0.29) is 37.1 Å². The van der Waals surface area contributed by atoms with Crippen LogP contribution in [-0.2, 0) is 17.9 Å². The quantitative estimate of drug-likeness (QED) is 0.390. The summed E-state index contributed by atoms with van der Waals surface area (Å²) in [6, 6.07) is 22.9. The number of carbonyl (C=O) groups excluding carboxylic acids is 2. The Bertz CT molecular complexity index is 1320. The van der Waals surface area contributed by atoms with Gasteiger partial charge in [0.1, 0.15) is 12.4 Å². The molecule has 1 aromatic heterocycles. The predicted molar refractivity (Wildman–Crippen MR) is 131 cm³/mol. The molecule has 4 aromatic rings. The Balaban J connectivity index is 1.51. The molecule has 2 amide bonds. The second-order valence-corrected chi connectivity index (χ2v) is 8.44. The fourth-order valence-corrected chi connectivity index (χ4v) is 3.70. The summed E-state index contributed by atoms with van der Waals surface area (Å²) < 4.78 is 18.6. The molecular weight excluding hydrogens is 445 g/mol. The van der Waals surface area contributed by atoms with E-state index in [9.17, 15) is 14.0 Å². The lowest BCUT2D eigenvalue weighted by Crippen LogP contribution is -2.40. The summed E-state index contributed by atoms with van der Waals surface area (Å²) in [4.78, 5) is 27.5. The van der Waals surface area contributed by atoms with Crippen LogP contribution in [0.3, 0.4) is 0 Å². The average Bonchev–Trinajstić information content (AvgIpc) is 3.35. The van der Waals surface area contributed by atoms with Crippen molar-refractivity contribution in [1.29, 1.82) is 0 Å². The van der Waals surface area contributed by atoms with Crippen molar-refractivity contribution in [2.45, 2.75) is 26.9 Å². The number of rotatable bonds is 8. The van der Waals surface area contributed by atoms with E-state index in [1.807, 2.05) is 62.4 Å². The molecule has 7 heteroatoms. The number of nitrogens with one attached hydrogen (secondary N) is 1. The van der Waals surface area contributed by atoms with Gasteiger partial charge in [-0.05, 0) is 48.7 Å². The fourth-order valence-electron chi connectivity index (χ4n) is 3.70. The summed E-state index contributed by atoms with van der Waals surface area (Å²) >= 11 is 0. The third kappa shape index (κ3) is 6.20. The molecule has 0 aliphatic heterocycles. The number of benzene rings is 3. The normalized spacial score (nSPS) is 10.7. The van der Waals surface area contributed by atoms with Crippen molar-refractivity contribution in [3.8, 4) is 11.3 Å². The van der Waals surface area contributed by atoms with Crippen LogP contribution < -0.4 is 5.32 Å². The molecule has 1 heterocycles. The van der Waals surface area contributed by atoms with Gasteiger partial charge < -0.3 is 14.7 Å². The van der Waals surface area contributed by atoms with Gasteiger partial charge in [0, 0.05) is 24.7 Å². The van der Waals surface area contributed by atoms with Gasteiger partial charge in [-0.25, -0.2) is 4.39 Å². The minimum absolute atomic E-state index is 0.128. The first-order chi connectivity index (χ1) is 16.9. The van der Waals surface area contributed by atoms with Gasteiger partial charge in [0.05, 0.1) is 0 Å². The van der Waals surface area contributed by atoms with E-state index in [4.69, 9.17) is 4.52 Å². The van der Waals surface area contributed by atoms with E-state index in [0.717, 1.165) is 27.8 Å². The molecule has 1 N–H and O–H groups in total. The molecule has 0 unspecified atom stereocenters. The number of nitrogens with zero attached hydrogens (tertiary/aromatic N) is 2. The monoisotopic (exact) mass is 471 g/mol. The van der Waals surface area contributed by atoms with Gasteiger partial charge >= 0.3 is 0 Å². The SMILES string of the molecule is Cc1ccc(C)c(-c2cc(C(=O)N(CC(=O)NCc3ccc(F)cc3)Cc3ccccc3)no2)c1. The summed E-state index contributed by atoms with van der Waals surface area (Å²) in [5, 5.41) is 6.79. The molecule has 0 aliphatic carbocycles. The highest BCUT2D eigenvalue weighted by atomic mass is 19.1. The first kappa shape index (κ1) is 23.9. The summed E-state index contributed by atoms with van der Waals surface area (Å²) in [5.74, 6) is -0.592. The van der Waals surface area contributed by atoms with Gasteiger partial charge in [0.2, 0.25) is 5.91 Å². The van der Waals surface area contributed by atoms with Gasteiger partial charge in [-0.3, -0.25) is 9.59 Å². The van der Waals surface area contributed by atoms with Crippen LogP contribution in [0, 0.1) is 19.7 Å². The molecule has 3 aromatic carbocycles. The number of hydrogen-bond acceptors (Lipinski definition) is 4. The maximum absolute atomic E-state index is 13.4. The molecular formula is C28H26FN3O3. The highest BCUT2D eigenvalue weighted by Crippen LogP contribution is 2.26. The highest BCUT2D eigenvalue weighted by Gasteiger charge is 2.23. The van der Waals surface area contributed by atoms with Crippen molar-refractivity contribution >= 4 is 11.8 Å². The van der Waals surface area contributed by atoms with Gasteiger partial charge in [-0.2, -0.15) is 0 Å². The number of hydrogen-bond donors (Lipinski definition) is 1. The Labute approximate surface area is 203 Å². The average molecular weight is 472 g/mol. The van der Waals surface area contributed by atoms with Gasteiger partial charge in [-0.1, -0.05) is 65.3 Å². The Kier molecular flexibility index (Phi) is 7.35. The van der Waals surface area contributed by atoms with Crippen LogP contribution in [0.4, 0.5) is 4.39 Å². The predicted octanol–water partition coefficient (Wildman–Crippen LogP) is 5.06. The van der Waals surface area contributed by atoms with E-state index in [1.54, 1.807) is 18.2 Å². The number of aromatic nitrogens is 1. The maximum Gasteiger partial charge on any atom is 0.276 e. The minimum Gasteiger partial charge on any atom is -0.355 e. The van der Waals surface area contributed by atoms with Gasteiger partial charge in [-0.15, -0.1) is 0 Å². The molecule has 0 radical (unpaired) electrons. The number of carbonyl (C=O) groups is 2. The zero-order valence-corrected chi connectivity index (χ0v) is 19.6. The number of amides is 2. The van der Waals surface area contributed by atoms with Crippen LogP contribution in [0.15, 0.2) is 83.4 Å². The molecule has 4 rings (SSSR count). The van der Waals surface area contributed by atoms with E-state index in [1.165, 1.54) is 17.0 Å². The van der Waals surface area contributed by atoms with E-state index in [2.05, 4.69) is 10.5 Å². The van der Waals surface area contributed by atoms with Crippen molar-refractivity contribution in [1.82, 2.24) is 15.4 Å². The van der Waals surface area contributed by atoms with Crippen LogP contribution in [0.2, 0.25) is 0 Å². The van der Waals surface area contributed by atoms with Crippen molar-refractivity contribution in [2.75, 3.05) is 6.54 Å². The fraction of sp³-hybridized carbons (Fsp3) is 0.179. The van der Waals surface area contributed by atoms with Gasteiger partial charge in [0.25, 0.3) is 5.91 Å². The van der Waals surface area contributed by atoms with E-state index < -0.39 is 5.91 Å². The Morgan fingerprint density at radius 1 is 0.943 bits per heavy atom. The molecule has 0 bridgehead atoms. The van der Waals surface area contributed by atoms with Crippen molar-refractivity contribution in [2.24, 2.45) is 0 Å². The molecule has 35 heavy (non-hydrogen) atoms. The first-order valence-electron chi connectivity index (χ1n) is 11.3. The van der Waals surface area contributed by atoms with Crippen molar-refractivity contribution in [3.05, 3.63) is 113 Å². The Morgan fingerprint density at radius 2 is 1.69 bits per heavy atom. The molecule has 0 spiro atoms. The van der Waals surface area contributed by atoms with Crippen LogP contribution in [0.5, 0.6) is 0 Å². The van der Waals surface area contributed by atoms with E-state index in [0.29, 0.717) is 5.76 Å². The molecule has 0 aliphatic rings. The smallest absolute Gasteiger partial charge is 0.276 e. The summed E-state index contributed by atoms with van der Waals surface area (Å²) in [5.41, 5.74) is 4.71. The summed E-state index contributed by atoms with van der Waals surface area (Å²) in [7, 11) is 0. The minimum atomic E-state index is -0.411. The third-order valence-electron chi connectivity index (χ3n) is 5.63. The Morgan fingerprint density at radius 3 is 2.43 bits per heavy atom. The largest absolute Gasteiger partial charge is 0.355 e. The van der Waals surface area contributed by atoms with Gasteiger partial charge in [0.15, 0.2) is 11.5 Å². The molecule has 6 nitrogen and oxygen atoms in total. The summed E-state index contributed by atoms with van der Waals surface area (Å²) in [6.45, 7) is 4.24. The van der Waals surface area contributed by atoms with Crippen molar-refractivity contribution in [3.63, 3.8) is 0 Å². The number of halogens is 1. The zero-order valence-electron chi connectivity index (χ0n) is 19.6. The van der Waals surface area contributed by atoms with Crippen LogP contribution >= 0.6 is 0 Å². The van der Waals surface area contributed by atoms with Crippen LogP contribution in [0.1, 0.15) is 32.7 Å². The lowest BCUT2D eigenvalue weighted by atomic mass is 10.0. The molecule has 178 valence electrons. The second-order valence-electron chi connectivity index (χ2n) is 8.44. The standard InChI is InChI=1S/C28H26FN3O3/c1-19-8-9-20(2)24(14-19)26-15-25(31-35-26)28(34)32(17-22-6-4-3-5-7-22)18-27(33)30-16-21-10-12-23(29)13-11-21/h3-15H,16-18H2,1-2H3,(H,30,33). The second kappa shape index (κ2) is 10.8. The summed E-state index contributed by atoms with van der Waals surface area (Å²) in [6.07, 6.45) is 0. The lowest BCUT2D eigenvalue weighted by Gasteiger charge is -2.21. The van der Waals surface area contributed by atoms with Crippen molar-refractivity contribution < 1.29 is 18.5 Å². The van der Waals surface area contributed by atoms with Crippen LogP contribution in [0.25, 0.3) is 11.3 Å². The third-order valence-corrected chi connectivity index (χ3v) is 5.63. The molecule has 0 saturated heterocycles. The molecule has 0 atom stereocenters.